The Morgan fingerprint density at radius 1 is 1.06 bits per heavy atom. The van der Waals surface area contributed by atoms with Crippen molar-refractivity contribution >= 4 is 0 Å². The SMILES string of the molecule is COc1ccc(C2C=CC=C2)c(OC)c1O. The molecule has 0 saturated carbocycles. The van der Waals surface area contributed by atoms with Gasteiger partial charge in [0.05, 0.1) is 14.2 Å². The van der Waals surface area contributed by atoms with Crippen molar-refractivity contribution in [3.05, 3.63) is 42.0 Å². The van der Waals surface area contributed by atoms with E-state index in [2.05, 4.69) is 0 Å². The van der Waals surface area contributed by atoms with E-state index >= 15 is 0 Å². The fourth-order valence-electron chi connectivity index (χ4n) is 1.85. The molecule has 84 valence electrons. The van der Waals surface area contributed by atoms with Crippen LogP contribution in [0.3, 0.4) is 0 Å². The normalized spacial score (nSPS) is 14.4. The minimum atomic E-state index is 0.0520. The summed E-state index contributed by atoms with van der Waals surface area (Å²) in [7, 11) is 3.06. The van der Waals surface area contributed by atoms with Crippen LogP contribution in [-0.4, -0.2) is 19.3 Å². The van der Waals surface area contributed by atoms with E-state index in [1.807, 2.05) is 30.4 Å². The molecule has 0 fully saturated rings. The van der Waals surface area contributed by atoms with E-state index in [0.717, 1.165) is 5.56 Å². The van der Waals surface area contributed by atoms with Gasteiger partial charge in [0.2, 0.25) is 5.75 Å². The molecule has 0 saturated heterocycles. The maximum absolute atomic E-state index is 9.93. The minimum absolute atomic E-state index is 0.0520. The van der Waals surface area contributed by atoms with Crippen molar-refractivity contribution in [1.82, 2.24) is 0 Å². The Hall–Kier alpha value is -1.90. The highest BCUT2D eigenvalue weighted by molar-refractivity contribution is 5.58. The molecule has 3 heteroatoms. The summed E-state index contributed by atoms with van der Waals surface area (Å²) in [6, 6.07) is 3.65. The number of hydrogen-bond donors (Lipinski definition) is 1. The molecule has 0 unspecified atom stereocenters. The highest BCUT2D eigenvalue weighted by atomic mass is 16.5. The number of allylic oxidation sites excluding steroid dienone is 4. The van der Waals surface area contributed by atoms with Gasteiger partial charge in [0, 0.05) is 11.5 Å². The van der Waals surface area contributed by atoms with Crippen LogP contribution >= 0.6 is 0 Å². The van der Waals surface area contributed by atoms with Crippen LogP contribution < -0.4 is 9.47 Å². The van der Waals surface area contributed by atoms with Gasteiger partial charge in [-0.3, -0.25) is 0 Å². The molecule has 0 aliphatic heterocycles. The van der Waals surface area contributed by atoms with Crippen molar-refractivity contribution in [1.29, 1.82) is 0 Å². The van der Waals surface area contributed by atoms with Crippen LogP contribution in [0.5, 0.6) is 17.2 Å². The molecule has 1 N–H and O–H groups in total. The van der Waals surface area contributed by atoms with E-state index in [0.29, 0.717) is 11.5 Å². The molecule has 1 aliphatic rings. The summed E-state index contributed by atoms with van der Waals surface area (Å²) in [5.41, 5.74) is 0.936. The topological polar surface area (TPSA) is 38.7 Å². The van der Waals surface area contributed by atoms with Crippen LogP contribution in [0.1, 0.15) is 11.5 Å². The Kier molecular flexibility index (Phi) is 2.86. The third kappa shape index (κ3) is 1.65. The van der Waals surface area contributed by atoms with Gasteiger partial charge in [-0.1, -0.05) is 30.4 Å². The summed E-state index contributed by atoms with van der Waals surface area (Å²) in [5, 5.41) is 9.93. The lowest BCUT2D eigenvalue weighted by molar-refractivity contribution is 0.337. The molecule has 0 bridgehead atoms. The van der Waals surface area contributed by atoms with Gasteiger partial charge in [-0.15, -0.1) is 0 Å². The Labute approximate surface area is 94.6 Å². The first-order valence-corrected chi connectivity index (χ1v) is 5.06. The van der Waals surface area contributed by atoms with Gasteiger partial charge in [0.1, 0.15) is 0 Å². The Morgan fingerprint density at radius 3 is 2.31 bits per heavy atom. The van der Waals surface area contributed by atoms with Gasteiger partial charge in [-0.2, -0.15) is 0 Å². The fourth-order valence-corrected chi connectivity index (χ4v) is 1.85. The van der Waals surface area contributed by atoms with Gasteiger partial charge in [-0.05, 0) is 6.07 Å². The van der Waals surface area contributed by atoms with Gasteiger partial charge in [0.15, 0.2) is 11.5 Å². The average molecular weight is 218 g/mol. The van der Waals surface area contributed by atoms with E-state index < -0.39 is 0 Å². The van der Waals surface area contributed by atoms with E-state index in [1.165, 1.54) is 7.11 Å². The standard InChI is InChI=1S/C13H14O3/c1-15-11-8-7-10(9-5-3-4-6-9)13(16-2)12(11)14/h3-9,14H,1-2H3. The first-order chi connectivity index (χ1) is 7.77. The zero-order chi connectivity index (χ0) is 11.5. The lowest BCUT2D eigenvalue weighted by atomic mass is 9.99. The molecule has 0 radical (unpaired) electrons. The molecule has 16 heavy (non-hydrogen) atoms. The molecule has 0 spiro atoms. The Bertz CT molecular complexity index is 435. The minimum Gasteiger partial charge on any atom is -0.502 e. The Morgan fingerprint density at radius 2 is 1.75 bits per heavy atom. The second kappa shape index (κ2) is 4.31. The highest BCUT2D eigenvalue weighted by Gasteiger charge is 2.18. The monoisotopic (exact) mass is 218 g/mol. The molecule has 2 rings (SSSR count). The maximum atomic E-state index is 9.93. The number of methoxy groups -OCH3 is 2. The van der Waals surface area contributed by atoms with Crippen LogP contribution in [-0.2, 0) is 0 Å². The van der Waals surface area contributed by atoms with Crippen LogP contribution in [0.4, 0.5) is 0 Å². The van der Waals surface area contributed by atoms with Crippen molar-refractivity contribution in [2.24, 2.45) is 0 Å². The van der Waals surface area contributed by atoms with E-state index in [9.17, 15) is 5.11 Å². The zero-order valence-electron chi connectivity index (χ0n) is 9.31. The highest BCUT2D eigenvalue weighted by Crippen LogP contribution is 2.42. The van der Waals surface area contributed by atoms with Crippen LogP contribution in [0.25, 0.3) is 0 Å². The summed E-state index contributed by atoms with van der Waals surface area (Å²) in [5.74, 6) is 1.11. The molecule has 0 aromatic heterocycles. The first-order valence-electron chi connectivity index (χ1n) is 5.06. The molecule has 1 aromatic carbocycles. The number of phenols is 1. The summed E-state index contributed by atoms with van der Waals surface area (Å²) in [6.07, 6.45) is 8.05. The van der Waals surface area contributed by atoms with Crippen molar-refractivity contribution in [2.75, 3.05) is 14.2 Å². The summed E-state index contributed by atoms with van der Waals surface area (Å²) < 4.78 is 10.3. The molecule has 0 amide bonds. The average Bonchev–Trinajstić information content (AvgIpc) is 2.82. The van der Waals surface area contributed by atoms with Crippen molar-refractivity contribution in [2.45, 2.75) is 5.92 Å². The Balaban J connectivity index is 2.49. The quantitative estimate of drug-likeness (QED) is 0.847. The van der Waals surface area contributed by atoms with Crippen LogP contribution in [0, 0.1) is 0 Å². The van der Waals surface area contributed by atoms with Gasteiger partial charge in [-0.25, -0.2) is 0 Å². The number of phenolic OH excluding ortho intramolecular Hbond substituents is 1. The van der Waals surface area contributed by atoms with E-state index in [4.69, 9.17) is 9.47 Å². The van der Waals surface area contributed by atoms with Gasteiger partial charge >= 0.3 is 0 Å². The predicted molar refractivity (Wildman–Crippen MR) is 62.2 cm³/mol. The number of rotatable bonds is 3. The largest absolute Gasteiger partial charge is 0.502 e. The smallest absolute Gasteiger partial charge is 0.201 e. The molecule has 0 atom stereocenters. The van der Waals surface area contributed by atoms with Gasteiger partial charge in [0.25, 0.3) is 0 Å². The van der Waals surface area contributed by atoms with E-state index in [1.54, 1.807) is 13.2 Å². The summed E-state index contributed by atoms with van der Waals surface area (Å²) in [4.78, 5) is 0. The van der Waals surface area contributed by atoms with Crippen molar-refractivity contribution in [3.8, 4) is 17.2 Å². The maximum Gasteiger partial charge on any atom is 0.201 e. The molecule has 0 heterocycles. The first kappa shape index (κ1) is 10.6. The van der Waals surface area contributed by atoms with Crippen molar-refractivity contribution in [3.63, 3.8) is 0 Å². The summed E-state index contributed by atoms with van der Waals surface area (Å²) in [6.45, 7) is 0. The predicted octanol–water partition coefficient (Wildman–Crippen LogP) is 2.62. The number of ether oxygens (including phenoxy) is 2. The van der Waals surface area contributed by atoms with Crippen molar-refractivity contribution < 1.29 is 14.6 Å². The molecule has 3 nitrogen and oxygen atoms in total. The number of hydrogen-bond acceptors (Lipinski definition) is 3. The number of aromatic hydroxyl groups is 1. The zero-order valence-corrected chi connectivity index (χ0v) is 9.31. The lowest BCUT2D eigenvalue weighted by Crippen LogP contribution is -1.97. The third-order valence-electron chi connectivity index (χ3n) is 2.66. The van der Waals surface area contributed by atoms with Crippen LogP contribution in [0.2, 0.25) is 0 Å². The summed E-state index contributed by atoms with van der Waals surface area (Å²) >= 11 is 0. The molecular formula is C13H14O3. The third-order valence-corrected chi connectivity index (χ3v) is 2.66. The lowest BCUT2D eigenvalue weighted by Gasteiger charge is -2.15. The molecular weight excluding hydrogens is 204 g/mol. The fraction of sp³-hybridized carbons (Fsp3) is 0.231. The molecule has 1 aromatic rings. The van der Waals surface area contributed by atoms with Crippen LogP contribution in [0.15, 0.2) is 36.4 Å². The second-order valence-electron chi connectivity index (χ2n) is 3.53. The number of benzene rings is 1. The van der Waals surface area contributed by atoms with E-state index in [-0.39, 0.29) is 11.7 Å². The molecule has 1 aliphatic carbocycles. The van der Waals surface area contributed by atoms with Gasteiger partial charge < -0.3 is 14.6 Å². The second-order valence-corrected chi connectivity index (χ2v) is 3.53.